The number of benzene rings is 1. The summed E-state index contributed by atoms with van der Waals surface area (Å²) in [7, 11) is 0. The number of ether oxygens (including phenoxy) is 1. The molecule has 2 nitrogen and oxygen atoms in total. The highest BCUT2D eigenvalue weighted by Crippen LogP contribution is 2.44. The van der Waals surface area contributed by atoms with E-state index in [1.165, 1.54) is 31.2 Å². The molecule has 18 heavy (non-hydrogen) atoms. The van der Waals surface area contributed by atoms with Crippen molar-refractivity contribution in [3.05, 3.63) is 29.8 Å². The Kier molecular flexibility index (Phi) is 3.55. The lowest BCUT2D eigenvalue weighted by molar-refractivity contribution is 0.293. The number of hydrogen-bond donors (Lipinski definition) is 1. The van der Waals surface area contributed by atoms with Gasteiger partial charge in [-0.1, -0.05) is 12.1 Å². The molecule has 0 aliphatic heterocycles. The van der Waals surface area contributed by atoms with Gasteiger partial charge in [0.2, 0.25) is 0 Å². The minimum atomic E-state index is 0.777. The summed E-state index contributed by atoms with van der Waals surface area (Å²) in [5.74, 6) is 2.93. The Morgan fingerprint density at radius 3 is 2.56 bits per heavy atom. The van der Waals surface area contributed by atoms with Crippen molar-refractivity contribution in [1.29, 1.82) is 0 Å². The molecule has 0 atom stereocenters. The van der Waals surface area contributed by atoms with Gasteiger partial charge in [-0.2, -0.15) is 0 Å². The first-order valence-corrected chi connectivity index (χ1v) is 7.26. The third-order valence-corrected chi connectivity index (χ3v) is 4.00. The fourth-order valence-corrected chi connectivity index (χ4v) is 2.73. The van der Waals surface area contributed by atoms with Crippen molar-refractivity contribution in [1.82, 2.24) is 5.32 Å². The van der Waals surface area contributed by atoms with E-state index >= 15 is 0 Å². The summed E-state index contributed by atoms with van der Waals surface area (Å²) < 4.78 is 5.78. The second-order valence-corrected chi connectivity index (χ2v) is 5.82. The molecule has 0 spiro atoms. The Morgan fingerprint density at radius 2 is 1.94 bits per heavy atom. The Labute approximate surface area is 110 Å². The summed E-state index contributed by atoms with van der Waals surface area (Å²) in [6.45, 7) is 3.85. The number of aryl methyl sites for hydroxylation is 1. The Hall–Kier alpha value is -1.02. The van der Waals surface area contributed by atoms with Crippen molar-refractivity contribution < 1.29 is 4.74 Å². The lowest BCUT2D eigenvalue weighted by Crippen LogP contribution is -2.36. The summed E-state index contributed by atoms with van der Waals surface area (Å²) in [6, 6.07) is 9.06. The highest BCUT2D eigenvalue weighted by Gasteiger charge is 2.40. The van der Waals surface area contributed by atoms with Crippen molar-refractivity contribution >= 4 is 0 Å². The van der Waals surface area contributed by atoms with Gasteiger partial charge in [0.05, 0.1) is 0 Å². The standard InChI is InChI=1S/C16H23NO/c1-12-3-2-4-15(11-12)18-10-9-17-16(13-5-6-13)14-7-8-14/h2-4,11,13-14,16-17H,5-10H2,1H3. The Balaban J connectivity index is 1.39. The van der Waals surface area contributed by atoms with Crippen LogP contribution in [0, 0.1) is 18.8 Å². The van der Waals surface area contributed by atoms with Crippen molar-refractivity contribution in [2.75, 3.05) is 13.2 Å². The molecule has 2 saturated carbocycles. The maximum absolute atomic E-state index is 5.78. The average molecular weight is 245 g/mol. The molecule has 2 fully saturated rings. The van der Waals surface area contributed by atoms with Crippen molar-refractivity contribution in [3.8, 4) is 5.75 Å². The van der Waals surface area contributed by atoms with E-state index in [-0.39, 0.29) is 0 Å². The van der Waals surface area contributed by atoms with E-state index in [1.54, 1.807) is 0 Å². The van der Waals surface area contributed by atoms with Crippen LogP contribution in [0.5, 0.6) is 5.75 Å². The predicted molar refractivity (Wildman–Crippen MR) is 73.9 cm³/mol. The fraction of sp³-hybridized carbons (Fsp3) is 0.625. The topological polar surface area (TPSA) is 21.3 Å². The van der Waals surface area contributed by atoms with Crippen LogP contribution in [0.3, 0.4) is 0 Å². The van der Waals surface area contributed by atoms with Gasteiger partial charge < -0.3 is 10.1 Å². The van der Waals surface area contributed by atoms with Crippen LogP contribution in [0.2, 0.25) is 0 Å². The van der Waals surface area contributed by atoms with Crippen LogP contribution in [0.15, 0.2) is 24.3 Å². The third-order valence-electron chi connectivity index (χ3n) is 4.00. The smallest absolute Gasteiger partial charge is 0.119 e. The van der Waals surface area contributed by atoms with Gasteiger partial charge in [0.25, 0.3) is 0 Å². The molecule has 0 radical (unpaired) electrons. The van der Waals surface area contributed by atoms with E-state index in [9.17, 15) is 0 Å². The summed E-state index contributed by atoms with van der Waals surface area (Å²) in [6.07, 6.45) is 5.75. The average Bonchev–Trinajstić information content (AvgIpc) is 3.23. The van der Waals surface area contributed by atoms with E-state index in [1.807, 2.05) is 6.07 Å². The largest absolute Gasteiger partial charge is 0.492 e. The van der Waals surface area contributed by atoms with Gasteiger partial charge in [-0.05, 0) is 62.1 Å². The van der Waals surface area contributed by atoms with Crippen molar-refractivity contribution in [2.24, 2.45) is 11.8 Å². The van der Waals surface area contributed by atoms with Gasteiger partial charge in [0, 0.05) is 12.6 Å². The van der Waals surface area contributed by atoms with Crippen LogP contribution < -0.4 is 10.1 Å². The lowest BCUT2D eigenvalue weighted by Gasteiger charge is -2.17. The van der Waals surface area contributed by atoms with E-state index < -0.39 is 0 Å². The molecule has 0 aromatic heterocycles. The maximum atomic E-state index is 5.78. The highest BCUT2D eigenvalue weighted by molar-refractivity contribution is 5.27. The molecule has 3 rings (SSSR count). The van der Waals surface area contributed by atoms with Gasteiger partial charge in [-0.15, -0.1) is 0 Å². The Bertz CT molecular complexity index is 384. The number of hydrogen-bond acceptors (Lipinski definition) is 2. The van der Waals surface area contributed by atoms with Crippen LogP contribution in [0.25, 0.3) is 0 Å². The van der Waals surface area contributed by atoms with Gasteiger partial charge in [-0.25, -0.2) is 0 Å². The molecule has 1 aromatic carbocycles. The second-order valence-electron chi connectivity index (χ2n) is 5.82. The maximum Gasteiger partial charge on any atom is 0.119 e. The first-order chi connectivity index (χ1) is 8.83. The van der Waals surface area contributed by atoms with E-state index in [0.717, 1.165) is 36.8 Å². The van der Waals surface area contributed by atoms with Gasteiger partial charge >= 0.3 is 0 Å². The van der Waals surface area contributed by atoms with Crippen LogP contribution in [0.4, 0.5) is 0 Å². The zero-order valence-corrected chi connectivity index (χ0v) is 11.2. The molecule has 0 unspecified atom stereocenters. The first-order valence-electron chi connectivity index (χ1n) is 7.26. The van der Waals surface area contributed by atoms with Gasteiger partial charge in [0.15, 0.2) is 0 Å². The molecular weight excluding hydrogens is 222 g/mol. The molecule has 2 heteroatoms. The minimum absolute atomic E-state index is 0.777. The highest BCUT2D eigenvalue weighted by atomic mass is 16.5. The lowest BCUT2D eigenvalue weighted by atomic mass is 10.1. The zero-order chi connectivity index (χ0) is 12.4. The Morgan fingerprint density at radius 1 is 1.22 bits per heavy atom. The monoisotopic (exact) mass is 245 g/mol. The summed E-state index contributed by atoms with van der Waals surface area (Å²) in [5, 5.41) is 3.70. The molecule has 0 saturated heterocycles. The first kappa shape index (κ1) is 12.0. The van der Waals surface area contributed by atoms with Gasteiger partial charge in [0.1, 0.15) is 12.4 Å². The predicted octanol–water partition coefficient (Wildman–Crippen LogP) is 3.15. The van der Waals surface area contributed by atoms with Crippen LogP contribution >= 0.6 is 0 Å². The fourth-order valence-electron chi connectivity index (χ4n) is 2.73. The molecule has 0 amide bonds. The quantitative estimate of drug-likeness (QED) is 0.745. The minimum Gasteiger partial charge on any atom is -0.492 e. The van der Waals surface area contributed by atoms with Crippen LogP contribution in [-0.4, -0.2) is 19.2 Å². The number of rotatable bonds is 7. The van der Waals surface area contributed by atoms with E-state index in [2.05, 4.69) is 30.4 Å². The molecule has 1 aromatic rings. The normalized spacial score (nSPS) is 19.2. The molecule has 2 aliphatic carbocycles. The summed E-state index contributed by atoms with van der Waals surface area (Å²) in [5.41, 5.74) is 1.26. The van der Waals surface area contributed by atoms with Crippen molar-refractivity contribution in [2.45, 2.75) is 38.6 Å². The molecule has 0 heterocycles. The molecule has 98 valence electrons. The third kappa shape index (κ3) is 3.26. The summed E-state index contributed by atoms with van der Waals surface area (Å²) >= 11 is 0. The molecule has 2 aliphatic rings. The SMILES string of the molecule is Cc1cccc(OCCNC(C2CC2)C2CC2)c1. The van der Waals surface area contributed by atoms with Crippen LogP contribution in [0.1, 0.15) is 31.2 Å². The van der Waals surface area contributed by atoms with Crippen LogP contribution in [-0.2, 0) is 0 Å². The number of nitrogens with one attached hydrogen (secondary N) is 1. The second kappa shape index (κ2) is 5.31. The van der Waals surface area contributed by atoms with Gasteiger partial charge in [-0.3, -0.25) is 0 Å². The van der Waals surface area contributed by atoms with E-state index in [4.69, 9.17) is 4.74 Å². The van der Waals surface area contributed by atoms with E-state index in [0.29, 0.717) is 0 Å². The molecular formula is C16H23NO. The summed E-state index contributed by atoms with van der Waals surface area (Å²) in [4.78, 5) is 0. The molecule has 1 N–H and O–H groups in total. The molecule has 0 bridgehead atoms. The van der Waals surface area contributed by atoms with Crippen molar-refractivity contribution in [3.63, 3.8) is 0 Å². The zero-order valence-electron chi connectivity index (χ0n) is 11.2.